The highest BCUT2D eigenvalue weighted by atomic mass is 16.2. The molecular formula is C21H33N5O. The molecule has 3 aliphatic rings. The molecule has 0 unspecified atom stereocenters. The van der Waals surface area contributed by atoms with Crippen molar-refractivity contribution in [2.45, 2.75) is 57.9 Å². The Bertz CT molecular complexity index is 629. The second-order valence-electron chi connectivity index (χ2n) is 8.53. The van der Waals surface area contributed by atoms with Crippen molar-refractivity contribution in [3.8, 4) is 0 Å². The molecule has 6 heteroatoms. The first-order chi connectivity index (χ1) is 13.2. The van der Waals surface area contributed by atoms with E-state index in [1.165, 1.54) is 44.9 Å². The highest BCUT2D eigenvalue weighted by molar-refractivity contribution is 5.92. The van der Waals surface area contributed by atoms with E-state index in [9.17, 15) is 4.79 Å². The molecule has 1 aromatic heterocycles. The number of rotatable bonds is 3. The van der Waals surface area contributed by atoms with Crippen molar-refractivity contribution in [1.29, 1.82) is 0 Å². The van der Waals surface area contributed by atoms with Gasteiger partial charge < -0.3 is 9.80 Å². The van der Waals surface area contributed by atoms with Gasteiger partial charge in [0.1, 0.15) is 5.69 Å². The first kappa shape index (κ1) is 18.7. The number of piperidine rings is 1. The van der Waals surface area contributed by atoms with Crippen LogP contribution in [-0.4, -0.2) is 71.0 Å². The molecule has 1 saturated carbocycles. The topological polar surface area (TPSA) is 52.6 Å². The molecule has 3 heterocycles. The van der Waals surface area contributed by atoms with Gasteiger partial charge in [-0.1, -0.05) is 26.2 Å². The van der Waals surface area contributed by atoms with Crippen molar-refractivity contribution in [2.24, 2.45) is 5.92 Å². The Morgan fingerprint density at radius 3 is 2.37 bits per heavy atom. The maximum Gasteiger partial charge on any atom is 0.272 e. The lowest BCUT2D eigenvalue weighted by atomic mass is 9.94. The van der Waals surface area contributed by atoms with Crippen molar-refractivity contribution >= 4 is 11.9 Å². The molecule has 0 atom stereocenters. The normalized spacial score (nSPS) is 23.6. The van der Waals surface area contributed by atoms with E-state index in [1.54, 1.807) is 12.3 Å². The van der Waals surface area contributed by atoms with Crippen LogP contribution in [0.2, 0.25) is 0 Å². The Kier molecular flexibility index (Phi) is 5.91. The summed E-state index contributed by atoms with van der Waals surface area (Å²) in [5, 5.41) is 0. The molecule has 0 radical (unpaired) electrons. The maximum atomic E-state index is 13.0. The van der Waals surface area contributed by atoms with Crippen LogP contribution in [0.3, 0.4) is 0 Å². The lowest BCUT2D eigenvalue weighted by Crippen LogP contribution is -2.52. The van der Waals surface area contributed by atoms with Crippen molar-refractivity contribution in [3.63, 3.8) is 0 Å². The van der Waals surface area contributed by atoms with Crippen LogP contribution in [0.1, 0.15) is 62.4 Å². The minimum Gasteiger partial charge on any atom is -0.341 e. The number of piperazine rings is 1. The van der Waals surface area contributed by atoms with E-state index >= 15 is 0 Å². The Balaban J connectivity index is 1.35. The third-order valence-electron chi connectivity index (χ3n) is 6.62. The summed E-state index contributed by atoms with van der Waals surface area (Å²) >= 11 is 0. The van der Waals surface area contributed by atoms with Crippen molar-refractivity contribution < 1.29 is 4.79 Å². The van der Waals surface area contributed by atoms with E-state index in [0.29, 0.717) is 11.6 Å². The summed E-state index contributed by atoms with van der Waals surface area (Å²) < 4.78 is 0. The zero-order valence-corrected chi connectivity index (χ0v) is 16.6. The number of anilines is 1. The summed E-state index contributed by atoms with van der Waals surface area (Å²) in [7, 11) is 0. The van der Waals surface area contributed by atoms with Gasteiger partial charge in [-0.15, -0.1) is 0 Å². The first-order valence-corrected chi connectivity index (χ1v) is 10.8. The average Bonchev–Trinajstić information content (AvgIpc) is 2.75. The van der Waals surface area contributed by atoms with Crippen LogP contribution >= 0.6 is 0 Å². The molecule has 4 rings (SSSR count). The maximum absolute atomic E-state index is 13.0. The van der Waals surface area contributed by atoms with Crippen LogP contribution in [0.4, 0.5) is 5.95 Å². The molecule has 0 bridgehead atoms. The third-order valence-corrected chi connectivity index (χ3v) is 6.62. The molecule has 27 heavy (non-hydrogen) atoms. The quantitative estimate of drug-likeness (QED) is 0.818. The monoisotopic (exact) mass is 371 g/mol. The first-order valence-electron chi connectivity index (χ1n) is 10.8. The predicted molar refractivity (Wildman–Crippen MR) is 107 cm³/mol. The lowest BCUT2D eigenvalue weighted by molar-refractivity contribution is 0.0518. The fourth-order valence-corrected chi connectivity index (χ4v) is 4.73. The molecular weight excluding hydrogens is 338 g/mol. The fraction of sp³-hybridized carbons (Fsp3) is 0.762. The van der Waals surface area contributed by atoms with Gasteiger partial charge in [-0.2, -0.15) is 0 Å². The highest BCUT2D eigenvalue weighted by Gasteiger charge is 2.28. The van der Waals surface area contributed by atoms with Gasteiger partial charge in [0.05, 0.1) is 0 Å². The van der Waals surface area contributed by atoms with E-state index in [1.807, 2.05) is 4.90 Å². The van der Waals surface area contributed by atoms with Gasteiger partial charge in [-0.05, 0) is 37.7 Å². The number of aromatic nitrogens is 2. The molecule has 1 amide bonds. The fourth-order valence-electron chi connectivity index (χ4n) is 4.73. The Hall–Kier alpha value is -1.69. The number of amides is 1. The van der Waals surface area contributed by atoms with E-state index in [0.717, 1.165) is 51.2 Å². The summed E-state index contributed by atoms with van der Waals surface area (Å²) in [5.74, 6) is 1.55. The number of hydrogen-bond acceptors (Lipinski definition) is 5. The summed E-state index contributed by atoms with van der Waals surface area (Å²) in [6.45, 7) is 7.89. The van der Waals surface area contributed by atoms with Gasteiger partial charge in [0, 0.05) is 51.5 Å². The average molecular weight is 372 g/mol. The molecule has 2 saturated heterocycles. The number of hydrogen-bond donors (Lipinski definition) is 0. The van der Waals surface area contributed by atoms with Crippen LogP contribution < -0.4 is 4.90 Å². The molecule has 148 valence electrons. The van der Waals surface area contributed by atoms with Crippen LogP contribution in [0.15, 0.2) is 12.3 Å². The Labute approximate surface area is 162 Å². The van der Waals surface area contributed by atoms with Gasteiger partial charge in [-0.25, -0.2) is 9.97 Å². The van der Waals surface area contributed by atoms with Crippen LogP contribution in [0.25, 0.3) is 0 Å². The van der Waals surface area contributed by atoms with Gasteiger partial charge in [-0.3, -0.25) is 9.69 Å². The second-order valence-corrected chi connectivity index (χ2v) is 8.53. The van der Waals surface area contributed by atoms with E-state index in [2.05, 4.69) is 26.7 Å². The standard InChI is InChI=1S/C21H33N5O/c1-17-8-11-26(12-9-17)21-22-10-7-19(23-21)20(27)25-15-13-24(14-16-25)18-5-3-2-4-6-18/h7,10,17-18H,2-6,8-9,11-16H2,1H3. The summed E-state index contributed by atoms with van der Waals surface area (Å²) in [5.41, 5.74) is 0.546. The van der Waals surface area contributed by atoms with E-state index < -0.39 is 0 Å². The molecule has 0 aromatic carbocycles. The number of carbonyl (C=O) groups excluding carboxylic acids is 1. The molecule has 1 aliphatic carbocycles. The van der Waals surface area contributed by atoms with Crippen molar-refractivity contribution in [2.75, 3.05) is 44.2 Å². The molecule has 0 spiro atoms. The van der Waals surface area contributed by atoms with Gasteiger partial charge >= 0.3 is 0 Å². The van der Waals surface area contributed by atoms with Crippen LogP contribution in [-0.2, 0) is 0 Å². The Morgan fingerprint density at radius 2 is 1.67 bits per heavy atom. The minimum atomic E-state index is 0.0623. The third kappa shape index (κ3) is 4.42. The van der Waals surface area contributed by atoms with E-state index in [-0.39, 0.29) is 5.91 Å². The van der Waals surface area contributed by atoms with Gasteiger partial charge in [0.2, 0.25) is 5.95 Å². The number of nitrogens with zero attached hydrogens (tertiary/aromatic N) is 5. The molecule has 1 aromatic rings. The summed E-state index contributed by atoms with van der Waals surface area (Å²) in [6.07, 6.45) is 10.9. The predicted octanol–water partition coefficient (Wildman–Crippen LogP) is 2.80. The SMILES string of the molecule is CC1CCN(c2nccc(C(=O)N3CCN(C4CCCCC4)CC3)n2)CC1. The lowest BCUT2D eigenvalue weighted by Gasteiger charge is -2.40. The van der Waals surface area contributed by atoms with Crippen LogP contribution in [0, 0.1) is 5.92 Å². The molecule has 6 nitrogen and oxygen atoms in total. The Morgan fingerprint density at radius 1 is 0.963 bits per heavy atom. The summed E-state index contributed by atoms with van der Waals surface area (Å²) in [4.78, 5) is 28.8. The number of carbonyl (C=O) groups is 1. The molecule has 2 aliphatic heterocycles. The smallest absolute Gasteiger partial charge is 0.272 e. The highest BCUT2D eigenvalue weighted by Crippen LogP contribution is 2.24. The zero-order chi connectivity index (χ0) is 18.6. The van der Waals surface area contributed by atoms with Crippen molar-refractivity contribution in [3.05, 3.63) is 18.0 Å². The summed E-state index contributed by atoms with van der Waals surface area (Å²) in [6, 6.07) is 2.51. The molecule has 0 N–H and O–H groups in total. The second kappa shape index (κ2) is 8.55. The minimum absolute atomic E-state index is 0.0623. The zero-order valence-electron chi connectivity index (χ0n) is 16.6. The largest absolute Gasteiger partial charge is 0.341 e. The molecule has 3 fully saturated rings. The van der Waals surface area contributed by atoms with E-state index in [4.69, 9.17) is 0 Å². The van der Waals surface area contributed by atoms with Gasteiger partial charge in [0.15, 0.2) is 0 Å². The van der Waals surface area contributed by atoms with Gasteiger partial charge in [0.25, 0.3) is 5.91 Å². The van der Waals surface area contributed by atoms with Crippen LogP contribution in [0.5, 0.6) is 0 Å². The van der Waals surface area contributed by atoms with Crippen molar-refractivity contribution in [1.82, 2.24) is 19.8 Å².